The van der Waals surface area contributed by atoms with Gasteiger partial charge in [-0.15, -0.1) is 0 Å². The van der Waals surface area contributed by atoms with E-state index >= 15 is 0 Å². The van der Waals surface area contributed by atoms with Crippen molar-refractivity contribution in [1.82, 2.24) is 0 Å². The number of allylic oxidation sites excluding steroid dienone is 4. The first-order valence-electron chi connectivity index (χ1n) is 12.6. The van der Waals surface area contributed by atoms with Gasteiger partial charge in [-0.2, -0.15) is 0 Å². The van der Waals surface area contributed by atoms with Gasteiger partial charge in [-0.05, 0) is 85.2 Å². The lowest BCUT2D eigenvalue weighted by Gasteiger charge is -2.44. The van der Waals surface area contributed by atoms with Crippen LogP contribution in [0.1, 0.15) is 78.1 Å². The molecule has 4 saturated carbocycles. The van der Waals surface area contributed by atoms with Crippen molar-refractivity contribution in [2.45, 2.75) is 96.4 Å². The van der Waals surface area contributed by atoms with E-state index in [1.165, 1.54) is 44.1 Å². The molecule has 7 atom stereocenters. The van der Waals surface area contributed by atoms with E-state index < -0.39 is 12.2 Å². The molecule has 4 aliphatic rings. The highest BCUT2D eigenvalue weighted by Crippen LogP contribution is 2.59. The van der Waals surface area contributed by atoms with E-state index in [0.717, 1.165) is 29.9 Å². The zero-order chi connectivity index (χ0) is 22.2. The Bertz CT molecular complexity index is 758. The van der Waals surface area contributed by atoms with Crippen LogP contribution in [0.5, 0.6) is 0 Å². The molecule has 0 radical (unpaired) electrons. The van der Waals surface area contributed by atoms with E-state index in [2.05, 4.69) is 44.7 Å². The average molecular weight is 427 g/mol. The maximum absolute atomic E-state index is 10.3. The SMILES string of the molecule is C=C1/C(=C\C=C2/CCC[C@]3(C)[C@@H]([C@H](C)/C=C/[C@@H](O)CC4CC4)CC[C@@H]23)C[C@@H](O)C[C@@H]1O. The Kier molecular flexibility index (Phi) is 6.96. The summed E-state index contributed by atoms with van der Waals surface area (Å²) in [5, 5.41) is 30.5. The molecule has 0 saturated heterocycles. The van der Waals surface area contributed by atoms with Gasteiger partial charge in [-0.3, -0.25) is 0 Å². The van der Waals surface area contributed by atoms with Gasteiger partial charge in [0.15, 0.2) is 0 Å². The second-order valence-electron chi connectivity index (χ2n) is 11.2. The summed E-state index contributed by atoms with van der Waals surface area (Å²) in [5.74, 6) is 2.52. The number of hydrogen-bond acceptors (Lipinski definition) is 3. The first kappa shape index (κ1) is 23.0. The van der Waals surface area contributed by atoms with Crippen LogP contribution >= 0.6 is 0 Å². The molecule has 0 aromatic heterocycles. The van der Waals surface area contributed by atoms with Crippen molar-refractivity contribution in [3.8, 4) is 0 Å². The highest BCUT2D eigenvalue weighted by Gasteiger charge is 2.50. The Hall–Kier alpha value is -1.16. The quantitative estimate of drug-likeness (QED) is 0.493. The summed E-state index contributed by atoms with van der Waals surface area (Å²) in [4.78, 5) is 0. The van der Waals surface area contributed by atoms with Crippen molar-refractivity contribution in [1.29, 1.82) is 0 Å². The van der Waals surface area contributed by atoms with Gasteiger partial charge >= 0.3 is 0 Å². The Morgan fingerprint density at radius 3 is 2.65 bits per heavy atom. The molecule has 3 nitrogen and oxygen atoms in total. The molecule has 31 heavy (non-hydrogen) atoms. The van der Waals surface area contributed by atoms with Crippen LogP contribution in [0.4, 0.5) is 0 Å². The normalized spacial score (nSPS) is 41.1. The van der Waals surface area contributed by atoms with Crippen molar-refractivity contribution in [3.05, 3.63) is 47.6 Å². The van der Waals surface area contributed by atoms with Crippen molar-refractivity contribution >= 4 is 0 Å². The number of hydrogen-bond donors (Lipinski definition) is 3. The first-order chi connectivity index (χ1) is 14.8. The van der Waals surface area contributed by atoms with E-state index in [1.54, 1.807) is 0 Å². The third-order valence-corrected chi connectivity index (χ3v) is 8.85. The zero-order valence-electron chi connectivity index (χ0n) is 19.5. The van der Waals surface area contributed by atoms with E-state index in [9.17, 15) is 15.3 Å². The second kappa shape index (κ2) is 9.37. The van der Waals surface area contributed by atoms with E-state index in [4.69, 9.17) is 0 Å². The highest BCUT2D eigenvalue weighted by atomic mass is 16.3. The Morgan fingerprint density at radius 2 is 1.90 bits per heavy atom. The maximum Gasteiger partial charge on any atom is 0.0811 e. The van der Waals surface area contributed by atoms with Crippen LogP contribution in [0.2, 0.25) is 0 Å². The smallest absolute Gasteiger partial charge is 0.0811 e. The van der Waals surface area contributed by atoms with Crippen molar-refractivity contribution in [2.24, 2.45) is 29.1 Å². The molecule has 172 valence electrons. The van der Waals surface area contributed by atoms with E-state index in [-0.39, 0.29) is 6.10 Å². The van der Waals surface area contributed by atoms with Crippen LogP contribution in [0, 0.1) is 29.1 Å². The lowest BCUT2D eigenvalue weighted by atomic mass is 9.61. The van der Waals surface area contributed by atoms with E-state index in [0.29, 0.717) is 36.0 Å². The largest absolute Gasteiger partial charge is 0.393 e. The fourth-order valence-electron chi connectivity index (χ4n) is 6.82. The van der Waals surface area contributed by atoms with Gasteiger partial charge < -0.3 is 15.3 Å². The number of fused-ring (bicyclic) bond motifs is 1. The van der Waals surface area contributed by atoms with Crippen molar-refractivity contribution < 1.29 is 15.3 Å². The Labute approximate surface area is 188 Å². The molecule has 0 amide bonds. The summed E-state index contributed by atoms with van der Waals surface area (Å²) in [5.41, 5.74) is 3.63. The van der Waals surface area contributed by atoms with Crippen molar-refractivity contribution in [2.75, 3.05) is 0 Å². The number of aliphatic hydroxyl groups excluding tert-OH is 3. The van der Waals surface area contributed by atoms with Crippen LogP contribution in [-0.2, 0) is 0 Å². The van der Waals surface area contributed by atoms with Gasteiger partial charge in [-0.1, -0.05) is 63.1 Å². The standard InChI is InChI=1S/C28H42O3/c1-18(6-11-23(29)15-20-7-8-20)25-12-13-26-21(5-4-14-28(25,26)3)9-10-22-16-24(30)17-27(31)19(22)2/h6,9-11,18,20,23-27,29-31H,2,4-5,7-8,12-17H2,1,3H3/b11-6+,21-9+,22-10-/t18-,23-,24-,25-,26+,27+,28-/m1/s1. The third-order valence-electron chi connectivity index (χ3n) is 8.85. The molecule has 4 rings (SSSR count). The lowest BCUT2D eigenvalue weighted by Crippen LogP contribution is -2.35. The molecule has 3 N–H and O–H groups in total. The molecule has 0 aromatic carbocycles. The Morgan fingerprint density at radius 1 is 1.13 bits per heavy atom. The molecule has 0 unspecified atom stereocenters. The summed E-state index contributed by atoms with van der Waals surface area (Å²) in [6, 6.07) is 0. The molecular weight excluding hydrogens is 384 g/mol. The second-order valence-corrected chi connectivity index (χ2v) is 11.2. The Balaban J connectivity index is 1.45. The minimum Gasteiger partial charge on any atom is -0.393 e. The van der Waals surface area contributed by atoms with E-state index in [1.807, 2.05) is 0 Å². The van der Waals surface area contributed by atoms with Gasteiger partial charge in [0.1, 0.15) is 0 Å². The van der Waals surface area contributed by atoms with Crippen molar-refractivity contribution in [3.63, 3.8) is 0 Å². The van der Waals surface area contributed by atoms with Crippen LogP contribution in [0.3, 0.4) is 0 Å². The van der Waals surface area contributed by atoms with Gasteiger partial charge in [0.2, 0.25) is 0 Å². The third kappa shape index (κ3) is 5.10. The van der Waals surface area contributed by atoms with Crippen LogP contribution in [0.25, 0.3) is 0 Å². The topological polar surface area (TPSA) is 60.7 Å². The average Bonchev–Trinajstić information content (AvgIpc) is 3.46. The number of rotatable bonds is 6. The summed E-state index contributed by atoms with van der Waals surface area (Å²) < 4.78 is 0. The van der Waals surface area contributed by atoms with Gasteiger partial charge in [0.25, 0.3) is 0 Å². The molecule has 0 aliphatic heterocycles. The minimum atomic E-state index is -0.621. The molecule has 4 fully saturated rings. The summed E-state index contributed by atoms with van der Waals surface area (Å²) >= 11 is 0. The molecule has 4 aliphatic carbocycles. The predicted molar refractivity (Wildman–Crippen MR) is 126 cm³/mol. The van der Waals surface area contributed by atoms with Crippen LogP contribution in [-0.4, -0.2) is 33.6 Å². The zero-order valence-corrected chi connectivity index (χ0v) is 19.5. The summed E-state index contributed by atoms with van der Waals surface area (Å²) in [6.45, 7) is 8.89. The molecule has 0 aromatic rings. The fourth-order valence-corrected chi connectivity index (χ4v) is 6.82. The molecule has 0 bridgehead atoms. The first-order valence-corrected chi connectivity index (χ1v) is 12.6. The monoisotopic (exact) mass is 426 g/mol. The molecular formula is C28H42O3. The predicted octanol–water partition coefficient (Wildman–Crippen LogP) is 5.48. The molecule has 0 heterocycles. The summed E-state index contributed by atoms with van der Waals surface area (Å²) in [7, 11) is 0. The lowest BCUT2D eigenvalue weighted by molar-refractivity contribution is 0.0862. The fraction of sp³-hybridized carbons (Fsp3) is 0.714. The number of aliphatic hydroxyl groups is 3. The van der Waals surface area contributed by atoms with Gasteiger partial charge in [0.05, 0.1) is 18.3 Å². The van der Waals surface area contributed by atoms with Gasteiger partial charge in [-0.25, -0.2) is 0 Å². The molecule has 0 spiro atoms. The van der Waals surface area contributed by atoms with Crippen LogP contribution < -0.4 is 0 Å². The highest BCUT2D eigenvalue weighted by molar-refractivity contribution is 5.38. The van der Waals surface area contributed by atoms with Gasteiger partial charge in [0, 0.05) is 6.42 Å². The molecule has 3 heteroatoms. The van der Waals surface area contributed by atoms with Crippen LogP contribution in [0.15, 0.2) is 47.6 Å². The minimum absolute atomic E-state index is 0.275. The summed E-state index contributed by atoms with van der Waals surface area (Å²) in [6.07, 6.45) is 18.1. The maximum atomic E-state index is 10.3.